The van der Waals surface area contributed by atoms with E-state index in [1.807, 2.05) is 12.1 Å². The van der Waals surface area contributed by atoms with Crippen LogP contribution in [0.25, 0.3) is 0 Å². The van der Waals surface area contributed by atoms with Crippen molar-refractivity contribution < 1.29 is 0 Å². The number of anilines is 1. The highest BCUT2D eigenvalue weighted by Crippen LogP contribution is 2.08. The molecule has 2 heterocycles. The van der Waals surface area contributed by atoms with E-state index in [1.165, 1.54) is 0 Å². The van der Waals surface area contributed by atoms with E-state index in [0.29, 0.717) is 17.8 Å². The minimum atomic E-state index is -0.175. The van der Waals surface area contributed by atoms with Gasteiger partial charge in [-0.05, 0) is 11.6 Å². The number of nitrogens with zero attached hydrogens (tertiary/aromatic N) is 1. The van der Waals surface area contributed by atoms with Gasteiger partial charge in [0.2, 0.25) is 0 Å². The first-order valence-electron chi connectivity index (χ1n) is 4.21. The Hall–Kier alpha value is -2.04. The molecule has 0 bridgehead atoms. The predicted octanol–water partition coefficient (Wildman–Crippen LogP) is 0.271. The Morgan fingerprint density at radius 3 is 2.86 bits per heavy atom. The fourth-order valence-corrected chi connectivity index (χ4v) is 1.28. The second-order valence-corrected chi connectivity index (χ2v) is 3.01. The summed E-state index contributed by atoms with van der Waals surface area (Å²) in [7, 11) is 0. The first kappa shape index (κ1) is 8.55. The number of aromatic nitrogens is 3. The Bertz CT molecular complexity index is 471. The van der Waals surface area contributed by atoms with E-state index in [-0.39, 0.29) is 5.56 Å². The van der Waals surface area contributed by atoms with Gasteiger partial charge in [-0.1, -0.05) is 6.07 Å². The molecule has 4 N–H and O–H groups in total. The molecule has 2 aromatic rings. The fourth-order valence-electron chi connectivity index (χ4n) is 1.28. The lowest BCUT2D eigenvalue weighted by Gasteiger charge is -1.97. The largest absolute Gasteiger partial charge is 0.384 e. The third-order valence-electron chi connectivity index (χ3n) is 2.01. The van der Waals surface area contributed by atoms with E-state index >= 15 is 0 Å². The maximum Gasteiger partial charge on any atom is 0.269 e. The normalized spacial score (nSPS) is 10.3. The number of rotatable bonds is 2. The molecule has 0 aliphatic heterocycles. The molecule has 5 nitrogen and oxygen atoms in total. The smallest absolute Gasteiger partial charge is 0.269 e. The molecule has 72 valence electrons. The van der Waals surface area contributed by atoms with Gasteiger partial charge >= 0.3 is 0 Å². The monoisotopic (exact) mass is 190 g/mol. The van der Waals surface area contributed by atoms with Crippen LogP contribution in [-0.2, 0) is 6.42 Å². The van der Waals surface area contributed by atoms with Gasteiger partial charge in [-0.2, -0.15) is 0 Å². The van der Waals surface area contributed by atoms with Crippen LogP contribution < -0.4 is 11.3 Å². The summed E-state index contributed by atoms with van der Waals surface area (Å²) in [4.78, 5) is 15.2. The zero-order valence-corrected chi connectivity index (χ0v) is 7.45. The minimum absolute atomic E-state index is 0.175. The minimum Gasteiger partial charge on any atom is -0.384 e. The number of nitrogens with one attached hydrogen (secondary N) is 2. The number of H-pyrrole nitrogens is 2. The van der Waals surface area contributed by atoms with Gasteiger partial charge < -0.3 is 5.73 Å². The molecule has 2 rings (SSSR count). The summed E-state index contributed by atoms with van der Waals surface area (Å²) in [6, 6.07) is 3.73. The van der Waals surface area contributed by atoms with Gasteiger partial charge in [0.25, 0.3) is 5.56 Å². The Balaban J connectivity index is 2.32. The van der Waals surface area contributed by atoms with Crippen molar-refractivity contribution >= 4 is 5.82 Å². The number of hydrogen-bond donors (Lipinski definition) is 3. The number of aromatic amines is 2. The first-order chi connectivity index (χ1) is 6.77. The van der Waals surface area contributed by atoms with Crippen molar-refractivity contribution in [2.75, 3.05) is 5.73 Å². The quantitative estimate of drug-likeness (QED) is 0.635. The number of pyridine rings is 1. The summed E-state index contributed by atoms with van der Waals surface area (Å²) in [5, 5.41) is 5.01. The van der Waals surface area contributed by atoms with Gasteiger partial charge in [0.15, 0.2) is 0 Å². The standard InChI is InChI=1S/C9H10N4O/c10-8-7(9(14)13-12-8)4-6-2-1-3-11-5-6/h1-3,5H,4H2,(H4,10,12,13,14). The van der Waals surface area contributed by atoms with Crippen LogP contribution >= 0.6 is 0 Å². The molecule has 0 fully saturated rings. The van der Waals surface area contributed by atoms with Crippen molar-refractivity contribution in [1.82, 2.24) is 15.2 Å². The maximum absolute atomic E-state index is 11.3. The first-order valence-corrected chi connectivity index (χ1v) is 4.21. The molecule has 0 saturated heterocycles. The van der Waals surface area contributed by atoms with Gasteiger partial charge in [0, 0.05) is 18.8 Å². The van der Waals surface area contributed by atoms with Crippen LogP contribution in [0.4, 0.5) is 5.82 Å². The highest BCUT2D eigenvalue weighted by atomic mass is 16.1. The topological polar surface area (TPSA) is 87.6 Å². The molecule has 2 aromatic heterocycles. The lowest BCUT2D eigenvalue weighted by atomic mass is 10.1. The summed E-state index contributed by atoms with van der Waals surface area (Å²) in [5.41, 5.74) is 6.92. The van der Waals surface area contributed by atoms with E-state index < -0.39 is 0 Å². The van der Waals surface area contributed by atoms with Gasteiger partial charge in [-0.15, -0.1) is 0 Å². The lowest BCUT2D eigenvalue weighted by molar-refractivity contribution is 1.06. The van der Waals surface area contributed by atoms with Crippen molar-refractivity contribution in [2.24, 2.45) is 0 Å². The Kier molecular flexibility index (Phi) is 2.06. The molecule has 0 radical (unpaired) electrons. The van der Waals surface area contributed by atoms with Gasteiger partial charge in [-0.25, -0.2) is 0 Å². The third kappa shape index (κ3) is 1.52. The van der Waals surface area contributed by atoms with Crippen LogP contribution in [0, 0.1) is 0 Å². The van der Waals surface area contributed by atoms with Crippen LogP contribution in [0.1, 0.15) is 11.1 Å². The number of hydrogen-bond acceptors (Lipinski definition) is 3. The summed E-state index contributed by atoms with van der Waals surface area (Å²) in [6.45, 7) is 0. The summed E-state index contributed by atoms with van der Waals surface area (Å²) in [6.07, 6.45) is 3.90. The fraction of sp³-hybridized carbons (Fsp3) is 0.111. The van der Waals surface area contributed by atoms with Crippen molar-refractivity contribution in [3.63, 3.8) is 0 Å². The second kappa shape index (κ2) is 3.37. The highest BCUT2D eigenvalue weighted by molar-refractivity contribution is 5.39. The zero-order chi connectivity index (χ0) is 9.97. The Morgan fingerprint density at radius 2 is 2.29 bits per heavy atom. The average Bonchev–Trinajstić information content (AvgIpc) is 2.51. The molecular weight excluding hydrogens is 180 g/mol. The van der Waals surface area contributed by atoms with Gasteiger partial charge in [-0.3, -0.25) is 20.0 Å². The van der Waals surface area contributed by atoms with Crippen LogP contribution in [0.5, 0.6) is 0 Å². The molecule has 0 atom stereocenters. The van der Waals surface area contributed by atoms with E-state index in [2.05, 4.69) is 15.2 Å². The number of nitrogens with two attached hydrogens (primary N) is 1. The molecule has 14 heavy (non-hydrogen) atoms. The second-order valence-electron chi connectivity index (χ2n) is 3.01. The SMILES string of the molecule is Nc1[nH][nH]c(=O)c1Cc1cccnc1. The van der Waals surface area contributed by atoms with Gasteiger partial charge in [0.05, 0.1) is 5.56 Å². The Morgan fingerprint density at radius 1 is 1.43 bits per heavy atom. The van der Waals surface area contributed by atoms with E-state index in [0.717, 1.165) is 5.56 Å². The summed E-state index contributed by atoms with van der Waals surface area (Å²) in [5.74, 6) is 0.388. The van der Waals surface area contributed by atoms with Crippen LogP contribution in [-0.4, -0.2) is 15.2 Å². The number of nitrogen functional groups attached to an aromatic ring is 1. The summed E-state index contributed by atoms with van der Waals surface area (Å²) < 4.78 is 0. The van der Waals surface area contributed by atoms with Crippen LogP contribution in [0.15, 0.2) is 29.3 Å². The van der Waals surface area contributed by atoms with Crippen molar-refractivity contribution in [1.29, 1.82) is 0 Å². The molecule has 0 spiro atoms. The van der Waals surface area contributed by atoms with Crippen molar-refractivity contribution in [3.8, 4) is 0 Å². The average molecular weight is 190 g/mol. The molecule has 0 aliphatic rings. The van der Waals surface area contributed by atoms with E-state index in [4.69, 9.17) is 5.73 Å². The van der Waals surface area contributed by atoms with Crippen molar-refractivity contribution in [2.45, 2.75) is 6.42 Å². The molecule has 0 aliphatic carbocycles. The molecule has 0 saturated carbocycles. The maximum atomic E-state index is 11.3. The van der Waals surface area contributed by atoms with E-state index in [9.17, 15) is 4.79 Å². The zero-order valence-electron chi connectivity index (χ0n) is 7.45. The highest BCUT2D eigenvalue weighted by Gasteiger charge is 2.07. The lowest BCUT2D eigenvalue weighted by Crippen LogP contribution is -2.07. The van der Waals surface area contributed by atoms with E-state index in [1.54, 1.807) is 12.4 Å². The molecule has 0 unspecified atom stereocenters. The van der Waals surface area contributed by atoms with Gasteiger partial charge in [0.1, 0.15) is 5.82 Å². The van der Waals surface area contributed by atoms with Crippen LogP contribution in [0.3, 0.4) is 0 Å². The Labute approximate surface area is 80.0 Å². The molecule has 5 heteroatoms. The molecule has 0 aromatic carbocycles. The summed E-state index contributed by atoms with van der Waals surface area (Å²) >= 11 is 0. The third-order valence-corrected chi connectivity index (χ3v) is 2.01. The predicted molar refractivity (Wildman–Crippen MR) is 52.9 cm³/mol. The molecule has 0 amide bonds. The van der Waals surface area contributed by atoms with Crippen LogP contribution in [0.2, 0.25) is 0 Å². The van der Waals surface area contributed by atoms with Crippen molar-refractivity contribution in [3.05, 3.63) is 46.0 Å². The molecular formula is C9H10N4O.